The second-order valence-corrected chi connectivity index (χ2v) is 4.90. The molecule has 0 spiro atoms. The number of methoxy groups -OCH3 is 1. The molecule has 0 atom stereocenters. The van der Waals surface area contributed by atoms with Crippen LogP contribution >= 0.6 is 11.6 Å². The van der Waals surface area contributed by atoms with Crippen molar-refractivity contribution in [2.45, 2.75) is 13.0 Å². The lowest BCUT2D eigenvalue weighted by Crippen LogP contribution is -1.99. The normalized spacial score (nSPS) is 13.0. The van der Waals surface area contributed by atoms with E-state index in [-0.39, 0.29) is 0 Å². The molecule has 0 aromatic heterocycles. The van der Waals surface area contributed by atoms with Gasteiger partial charge in [-0.15, -0.1) is 0 Å². The molecule has 1 aliphatic heterocycles. The van der Waals surface area contributed by atoms with Crippen molar-refractivity contribution < 1.29 is 4.74 Å². The predicted octanol–water partition coefficient (Wildman–Crippen LogP) is 3.86. The molecule has 2 aromatic carbocycles. The molecule has 0 saturated carbocycles. The molecule has 3 heteroatoms. The van der Waals surface area contributed by atoms with Gasteiger partial charge in [-0.05, 0) is 47.4 Å². The third kappa shape index (κ3) is 2.04. The highest BCUT2D eigenvalue weighted by atomic mass is 35.5. The molecule has 18 heavy (non-hydrogen) atoms. The van der Waals surface area contributed by atoms with Crippen molar-refractivity contribution in [3.05, 3.63) is 58.1 Å². The summed E-state index contributed by atoms with van der Waals surface area (Å²) in [6.07, 6.45) is 0.909. The quantitative estimate of drug-likeness (QED) is 0.840. The average molecular weight is 260 g/mol. The van der Waals surface area contributed by atoms with E-state index < -0.39 is 0 Å². The van der Waals surface area contributed by atoms with Crippen LogP contribution in [0, 0.1) is 0 Å². The van der Waals surface area contributed by atoms with Crippen LogP contribution in [0.15, 0.2) is 36.4 Å². The number of halogens is 1. The summed E-state index contributed by atoms with van der Waals surface area (Å²) in [7, 11) is 1.70. The van der Waals surface area contributed by atoms with Crippen LogP contribution in [0.25, 0.3) is 0 Å². The van der Waals surface area contributed by atoms with Gasteiger partial charge in [-0.3, -0.25) is 0 Å². The van der Waals surface area contributed by atoms with E-state index in [0.29, 0.717) is 0 Å². The van der Waals surface area contributed by atoms with Gasteiger partial charge in [0.15, 0.2) is 0 Å². The number of fused-ring (bicyclic) bond motifs is 2. The van der Waals surface area contributed by atoms with Crippen molar-refractivity contribution in [2.75, 3.05) is 12.4 Å². The highest BCUT2D eigenvalue weighted by molar-refractivity contribution is 6.30. The molecule has 0 bridgehead atoms. The maximum Gasteiger partial charge on any atom is 0.119 e. The number of ether oxygens (including phenoxy) is 1. The van der Waals surface area contributed by atoms with Gasteiger partial charge in [0.05, 0.1) is 7.11 Å². The van der Waals surface area contributed by atoms with Crippen molar-refractivity contribution in [1.29, 1.82) is 0 Å². The lowest BCUT2D eigenvalue weighted by molar-refractivity contribution is 0.414. The molecule has 3 rings (SSSR count). The van der Waals surface area contributed by atoms with Crippen LogP contribution in [0.3, 0.4) is 0 Å². The van der Waals surface area contributed by atoms with Gasteiger partial charge in [0.25, 0.3) is 0 Å². The summed E-state index contributed by atoms with van der Waals surface area (Å²) < 4.78 is 5.29. The van der Waals surface area contributed by atoms with Crippen LogP contribution < -0.4 is 10.1 Å². The zero-order chi connectivity index (χ0) is 12.5. The first-order valence-electron chi connectivity index (χ1n) is 5.94. The van der Waals surface area contributed by atoms with Crippen LogP contribution in [0.4, 0.5) is 5.69 Å². The minimum absolute atomic E-state index is 0.768. The molecule has 0 unspecified atom stereocenters. The number of benzene rings is 2. The Morgan fingerprint density at radius 2 is 1.89 bits per heavy atom. The number of rotatable bonds is 1. The Labute approximate surface area is 112 Å². The van der Waals surface area contributed by atoms with Crippen molar-refractivity contribution >= 4 is 17.3 Å². The monoisotopic (exact) mass is 259 g/mol. The molecule has 0 amide bonds. The van der Waals surface area contributed by atoms with Gasteiger partial charge in [-0.25, -0.2) is 0 Å². The summed E-state index contributed by atoms with van der Waals surface area (Å²) >= 11 is 6.03. The van der Waals surface area contributed by atoms with E-state index in [2.05, 4.69) is 23.5 Å². The fourth-order valence-corrected chi connectivity index (χ4v) is 2.50. The van der Waals surface area contributed by atoms with Crippen LogP contribution in [0.5, 0.6) is 5.75 Å². The van der Waals surface area contributed by atoms with Gasteiger partial charge in [-0.1, -0.05) is 23.7 Å². The van der Waals surface area contributed by atoms with E-state index in [9.17, 15) is 0 Å². The molecule has 0 aliphatic carbocycles. The van der Waals surface area contributed by atoms with Gasteiger partial charge >= 0.3 is 0 Å². The minimum Gasteiger partial charge on any atom is -0.497 e. The molecule has 0 radical (unpaired) electrons. The molecule has 0 fully saturated rings. The molecule has 1 heterocycles. The topological polar surface area (TPSA) is 21.3 Å². The third-order valence-electron chi connectivity index (χ3n) is 3.34. The highest BCUT2D eigenvalue weighted by Crippen LogP contribution is 2.30. The SMILES string of the molecule is COc1ccc2c(c1)Cc1ccc(Cl)cc1NC2. The van der Waals surface area contributed by atoms with Crippen LogP contribution in [0.2, 0.25) is 5.02 Å². The number of hydrogen-bond donors (Lipinski definition) is 1. The number of nitrogens with one attached hydrogen (secondary N) is 1. The molecule has 92 valence electrons. The Balaban J connectivity index is 2.04. The zero-order valence-corrected chi connectivity index (χ0v) is 10.9. The first-order chi connectivity index (χ1) is 8.76. The summed E-state index contributed by atoms with van der Waals surface area (Å²) in [6, 6.07) is 12.2. The van der Waals surface area contributed by atoms with E-state index in [4.69, 9.17) is 16.3 Å². The smallest absolute Gasteiger partial charge is 0.119 e. The van der Waals surface area contributed by atoms with E-state index in [0.717, 1.165) is 29.4 Å². The minimum atomic E-state index is 0.768. The average Bonchev–Trinajstić information content (AvgIpc) is 2.56. The first-order valence-corrected chi connectivity index (χ1v) is 6.32. The predicted molar refractivity (Wildman–Crippen MR) is 74.6 cm³/mol. The van der Waals surface area contributed by atoms with E-state index in [1.165, 1.54) is 16.7 Å². The standard InChI is InChI=1S/C15H14ClNO/c1-18-14-5-3-11-9-17-15-8-13(16)4-2-10(15)6-12(11)7-14/h2-5,7-8,17H,6,9H2,1H3. The van der Waals surface area contributed by atoms with Crippen molar-refractivity contribution in [1.82, 2.24) is 0 Å². The van der Waals surface area contributed by atoms with Gasteiger partial charge in [0, 0.05) is 17.3 Å². The number of anilines is 1. The maximum atomic E-state index is 6.03. The Morgan fingerprint density at radius 1 is 1.06 bits per heavy atom. The molecule has 2 aromatic rings. The molecular formula is C15H14ClNO. The first kappa shape index (κ1) is 11.4. The van der Waals surface area contributed by atoms with E-state index in [1.54, 1.807) is 7.11 Å². The highest BCUT2D eigenvalue weighted by Gasteiger charge is 2.13. The summed E-state index contributed by atoms with van der Waals surface area (Å²) in [4.78, 5) is 0. The fraction of sp³-hybridized carbons (Fsp3) is 0.200. The second kappa shape index (κ2) is 4.54. The van der Waals surface area contributed by atoms with Crippen LogP contribution in [-0.4, -0.2) is 7.11 Å². The van der Waals surface area contributed by atoms with Gasteiger partial charge in [-0.2, -0.15) is 0 Å². The molecule has 0 saturated heterocycles. The summed E-state index contributed by atoms with van der Waals surface area (Å²) in [5.74, 6) is 0.908. The van der Waals surface area contributed by atoms with Gasteiger partial charge in [0.1, 0.15) is 5.75 Å². The second-order valence-electron chi connectivity index (χ2n) is 4.47. The summed E-state index contributed by atoms with van der Waals surface area (Å²) in [5.41, 5.74) is 5.01. The van der Waals surface area contributed by atoms with Crippen LogP contribution in [-0.2, 0) is 13.0 Å². The van der Waals surface area contributed by atoms with Crippen molar-refractivity contribution in [3.63, 3.8) is 0 Å². The van der Waals surface area contributed by atoms with Crippen molar-refractivity contribution in [2.24, 2.45) is 0 Å². The summed E-state index contributed by atoms with van der Waals surface area (Å²) in [5, 5.41) is 4.20. The van der Waals surface area contributed by atoms with E-state index >= 15 is 0 Å². The molecule has 1 aliphatic rings. The Kier molecular flexibility index (Phi) is 2.88. The third-order valence-corrected chi connectivity index (χ3v) is 3.57. The maximum absolute atomic E-state index is 6.03. The molecule has 1 N–H and O–H groups in total. The Bertz CT molecular complexity index is 595. The van der Waals surface area contributed by atoms with Gasteiger partial charge in [0.2, 0.25) is 0 Å². The van der Waals surface area contributed by atoms with Gasteiger partial charge < -0.3 is 10.1 Å². The number of hydrogen-bond acceptors (Lipinski definition) is 2. The zero-order valence-electron chi connectivity index (χ0n) is 10.2. The fourth-order valence-electron chi connectivity index (χ4n) is 2.33. The lowest BCUT2D eigenvalue weighted by Gasteiger charge is -2.07. The molecule has 2 nitrogen and oxygen atoms in total. The lowest BCUT2D eigenvalue weighted by atomic mass is 10.0. The Hall–Kier alpha value is -1.67. The Morgan fingerprint density at radius 3 is 2.72 bits per heavy atom. The molecular weight excluding hydrogens is 246 g/mol. The van der Waals surface area contributed by atoms with Crippen LogP contribution in [0.1, 0.15) is 16.7 Å². The van der Waals surface area contributed by atoms with E-state index in [1.807, 2.05) is 18.2 Å². The summed E-state index contributed by atoms with van der Waals surface area (Å²) in [6.45, 7) is 0.826. The van der Waals surface area contributed by atoms with Crippen molar-refractivity contribution in [3.8, 4) is 5.75 Å². The largest absolute Gasteiger partial charge is 0.497 e.